The van der Waals surface area contributed by atoms with Crippen LogP contribution in [0.2, 0.25) is 5.02 Å². The molecule has 3 heteroatoms. The van der Waals surface area contributed by atoms with E-state index in [9.17, 15) is 0 Å². The smallest absolute Gasteiger partial charge is 0.108 e. The van der Waals surface area contributed by atoms with Gasteiger partial charge in [-0.15, -0.1) is 0 Å². The van der Waals surface area contributed by atoms with Gasteiger partial charge in [-0.25, -0.2) is 0 Å². The van der Waals surface area contributed by atoms with Gasteiger partial charge >= 0.3 is 0 Å². The van der Waals surface area contributed by atoms with Crippen molar-refractivity contribution in [1.82, 2.24) is 4.90 Å². The predicted octanol–water partition coefficient (Wildman–Crippen LogP) is 7.02. The van der Waals surface area contributed by atoms with Crippen LogP contribution in [0, 0.1) is 12.8 Å². The Kier molecular flexibility index (Phi) is 6.37. The third-order valence-electron chi connectivity index (χ3n) is 7.67. The number of hydrogen-bond acceptors (Lipinski definition) is 2. The fourth-order valence-corrected chi connectivity index (χ4v) is 5.99. The number of ether oxygens (including phenoxy) is 1. The summed E-state index contributed by atoms with van der Waals surface area (Å²) < 4.78 is 6.80. The lowest BCUT2D eigenvalue weighted by atomic mass is 9.76. The van der Waals surface area contributed by atoms with Crippen LogP contribution in [0.15, 0.2) is 78.9 Å². The molecular formula is C29H32ClNO. The number of nitrogens with zero attached hydrogens (tertiary/aromatic N) is 1. The summed E-state index contributed by atoms with van der Waals surface area (Å²) in [6.07, 6.45) is 3.71. The van der Waals surface area contributed by atoms with Crippen molar-refractivity contribution in [3.63, 3.8) is 0 Å². The Morgan fingerprint density at radius 1 is 0.906 bits per heavy atom. The maximum Gasteiger partial charge on any atom is 0.108 e. The summed E-state index contributed by atoms with van der Waals surface area (Å²) in [5.74, 6) is 1.03. The van der Waals surface area contributed by atoms with E-state index in [1.807, 2.05) is 12.1 Å². The lowest BCUT2D eigenvalue weighted by molar-refractivity contribution is -0.00335. The van der Waals surface area contributed by atoms with Gasteiger partial charge in [0.15, 0.2) is 0 Å². The fourth-order valence-electron chi connectivity index (χ4n) is 5.86. The molecule has 0 amide bonds. The maximum atomic E-state index is 6.80. The van der Waals surface area contributed by atoms with E-state index in [1.54, 1.807) is 0 Å². The van der Waals surface area contributed by atoms with Gasteiger partial charge in [0.1, 0.15) is 6.10 Å². The summed E-state index contributed by atoms with van der Waals surface area (Å²) in [6, 6.07) is 29.1. The van der Waals surface area contributed by atoms with Crippen LogP contribution >= 0.6 is 11.6 Å². The summed E-state index contributed by atoms with van der Waals surface area (Å²) in [5, 5.41) is 0.755. The second-order valence-electron chi connectivity index (χ2n) is 9.56. The molecule has 32 heavy (non-hydrogen) atoms. The van der Waals surface area contributed by atoms with Crippen LogP contribution in [-0.2, 0) is 4.74 Å². The zero-order valence-electron chi connectivity index (χ0n) is 19.0. The zero-order chi connectivity index (χ0) is 22.1. The van der Waals surface area contributed by atoms with Crippen molar-refractivity contribution < 1.29 is 4.74 Å². The van der Waals surface area contributed by atoms with Crippen molar-refractivity contribution >= 4 is 11.6 Å². The van der Waals surface area contributed by atoms with Crippen LogP contribution in [0.5, 0.6) is 0 Å². The zero-order valence-corrected chi connectivity index (χ0v) is 19.7. The molecule has 0 N–H and O–H groups in total. The van der Waals surface area contributed by atoms with Gasteiger partial charge in [0.2, 0.25) is 0 Å². The van der Waals surface area contributed by atoms with Gasteiger partial charge in [0, 0.05) is 23.0 Å². The van der Waals surface area contributed by atoms with E-state index in [0.29, 0.717) is 23.9 Å². The minimum atomic E-state index is -0.0865. The Bertz CT molecular complexity index is 1020. The van der Waals surface area contributed by atoms with Crippen molar-refractivity contribution in [3.05, 3.63) is 106 Å². The second-order valence-corrected chi connectivity index (χ2v) is 9.99. The number of aryl methyl sites for hydroxylation is 1. The Balaban J connectivity index is 1.43. The first-order chi connectivity index (χ1) is 15.6. The van der Waals surface area contributed by atoms with E-state index >= 15 is 0 Å². The highest BCUT2D eigenvalue weighted by Gasteiger charge is 2.46. The van der Waals surface area contributed by atoms with E-state index < -0.39 is 0 Å². The number of piperidine rings is 1. The van der Waals surface area contributed by atoms with Crippen molar-refractivity contribution in [1.29, 1.82) is 0 Å². The first-order valence-corrected chi connectivity index (χ1v) is 12.2. The largest absolute Gasteiger partial charge is 0.368 e. The Labute approximate surface area is 197 Å². The minimum Gasteiger partial charge on any atom is -0.368 e. The van der Waals surface area contributed by atoms with E-state index in [4.69, 9.17) is 16.3 Å². The van der Waals surface area contributed by atoms with Crippen molar-refractivity contribution in [2.75, 3.05) is 13.7 Å². The summed E-state index contributed by atoms with van der Waals surface area (Å²) in [6.45, 7) is 2.92. The standard InChI is InChI=1S/C29H32ClNO/c1-20-8-10-21(11-9-20)26-18-25-16-17-28(31(25)2)27(26)19-32-29(22-6-4-3-5-7-22)23-12-14-24(30)15-13-23/h3-15,25-29H,16-19H2,1-2H3/t25-,26+,27+,28+,29?/m0/s1. The Morgan fingerprint density at radius 3 is 2.31 bits per heavy atom. The molecule has 2 nitrogen and oxygen atoms in total. The van der Waals surface area contributed by atoms with Crippen molar-refractivity contribution in [2.24, 2.45) is 5.92 Å². The monoisotopic (exact) mass is 445 g/mol. The van der Waals surface area contributed by atoms with E-state index in [2.05, 4.69) is 85.6 Å². The number of benzene rings is 3. The van der Waals surface area contributed by atoms with E-state index in [1.165, 1.54) is 36.0 Å². The molecule has 2 heterocycles. The number of hydrogen-bond donors (Lipinski definition) is 0. The van der Waals surface area contributed by atoms with Gasteiger partial charge in [-0.1, -0.05) is 83.9 Å². The van der Waals surface area contributed by atoms with Gasteiger partial charge in [-0.05, 0) is 68.0 Å². The van der Waals surface area contributed by atoms with Crippen molar-refractivity contribution in [2.45, 2.75) is 50.3 Å². The van der Waals surface area contributed by atoms with E-state index in [0.717, 1.165) is 17.2 Å². The van der Waals surface area contributed by atoms with Crippen molar-refractivity contribution in [3.8, 4) is 0 Å². The molecule has 2 bridgehead atoms. The first-order valence-electron chi connectivity index (χ1n) is 11.8. The second kappa shape index (κ2) is 9.39. The van der Waals surface area contributed by atoms with Gasteiger partial charge in [-0.3, -0.25) is 0 Å². The fraction of sp³-hybridized carbons (Fsp3) is 0.379. The molecule has 166 valence electrons. The van der Waals surface area contributed by atoms with Gasteiger partial charge < -0.3 is 9.64 Å². The molecule has 2 fully saturated rings. The highest BCUT2D eigenvalue weighted by atomic mass is 35.5. The SMILES string of the molecule is Cc1ccc([C@H]2C[C@@H]3CC[C@H]([C@@H]2COC(c2ccccc2)c2ccc(Cl)cc2)N3C)cc1. The third kappa shape index (κ3) is 4.37. The molecule has 0 aromatic heterocycles. The van der Waals surface area contributed by atoms with Gasteiger partial charge in [0.05, 0.1) is 6.61 Å². The average Bonchev–Trinajstić information content (AvgIpc) is 3.06. The molecule has 3 aromatic rings. The first kappa shape index (κ1) is 21.7. The molecule has 2 saturated heterocycles. The molecule has 5 atom stereocenters. The molecule has 2 aliphatic rings. The Hall–Kier alpha value is -2.13. The average molecular weight is 446 g/mol. The predicted molar refractivity (Wildman–Crippen MR) is 132 cm³/mol. The minimum absolute atomic E-state index is 0.0865. The number of rotatable bonds is 6. The van der Waals surface area contributed by atoms with E-state index in [-0.39, 0.29) is 6.10 Å². The number of fused-ring (bicyclic) bond motifs is 2. The summed E-state index contributed by atoms with van der Waals surface area (Å²) in [7, 11) is 2.31. The highest BCUT2D eigenvalue weighted by Crippen LogP contribution is 2.47. The molecule has 3 aromatic carbocycles. The molecule has 2 aliphatic heterocycles. The topological polar surface area (TPSA) is 12.5 Å². The lowest BCUT2D eigenvalue weighted by Crippen LogP contribution is -2.47. The molecule has 0 aliphatic carbocycles. The molecule has 0 saturated carbocycles. The summed E-state index contributed by atoms with van der Waals surface area (Å²) >= 11 is 6.17. The molecule has 5 rings (SSSR count). The maximum absolute atomic E-state index is 6.80. The van der Waals surface area contributed by atoms with Crippen LogP contribution in [0.3, 0.4) is 0 Å². The molecule has 0 radical (unpaired) electrons. The molecule has 0 spiro atoms. The summed E-state index contributed by atoms with van der Waals surface area (Å²) in [5.41, 5.74) is 5.14. The van der Waals surface area contributed by atoms with Crippen LogP contribution in [-0.4, -0.2) is 30.6 Å². The Morgan fingerprint density at radius 2 is 1.59 bits per heavy atom. The summed E-state index contributed by atoms with van der Waals surface area (Å²) in [4.78, 5) is 2.62. The van der Waals surface area contributed by atoms with Crippen LogP contribution < -0.4 is 0 Å². The van der Waals surface area contributed by atoms with Gasteiger partial charge in [0.25, 0.3) is 0 Å². The lowest BCUT2D eigenvalue weighted by Gasteiger charge is -2.43. The number of halogens is 1. The van der Waals surface area contributed by atoms with Crippen LogP contribution in [0.4, 0.5) is 0 Å². The molecule has 1 unspecified atom stereocenters. The highest BCUT2D eigenvalue weighted by molar-refractivity contribution is 6.30. The normalized spacial score (nSPS) is 26.2. The third-order valence-corrected chi connectivity index (χ3v) is 7.92. The van der Waals surface area contributed by atoms with Gasteiger partial charge in [-0.2, -0.15) is 0 Å². The quantitative estimate of drug-likeness (QED) is 0.404. The van der Waals surface area contributed by atoms with Crippen LogP contribution in [0.25, 0.3) is 0 Å². The molecular weight excluding hydrogens is 414 g/mol. The van der Waals surface area contributed by atoms with Crippen LogP contribution in [0.1, 0.15) is 53.5 Å².